The van der Waals surface area contributed by atoms with Crippen LogP contribution in [-0.4, -0.2) is 18.7 Å². The van der Waals surface area contributed by atoms with E-state index in [9.17, 15) is 4.79 Å². The predicted octanol–water partition coefficient (Wildman–Crippen LogP) is 3.58. The van der Waals surface area contributed by atoms with Gasteiger partial charge in [-0.15, -0.1) is 0 Å². The van der Waals surface area contributed by atoms with Gasteiger partial charge in [-0.25, -0.2) is 0 Å². The molecule has 0 saturated carbocycles. The highest BCUT2D eigenvalue weighted by atomic mass is 16.5. The molecule has 1 aromatic rings. The first-order valence-electron chi connectivity index (χ1n) is 6.59. The summed E-state index contributed by atoms with van der Waals surface area (Å²) in [7, 11) is 0. The maximum absolute atomic E-state index is 11.5. The van der Waals surface area contributed by atoms with E-state index in [1.54, 1.807) is 12.1 Å². The highest BCUT2D eigenvalue weighted by molar-refractivity contribution is 5.72. The third kappa shape index (κ3) is 6.40. The molecule has 3 heteroatoms. The normalized spacial score (nSPS) is 12.1. The van der Waals surface area contributed by atoms with Crippen LogP contribution in [0.25, 0.3) is 0 Å². The van der Waals surface area contributed by atoms with Crippen LogP contribution in [0.2, 0.25) is 0 Å². The van der Waals surface area contributed by atoms with E-state index in [4.69, 9.17) is 9.47 Å². The number of hydrogen-bond donors (Lipinski definition) is 0. The molecular formula is C15H22O3. The Kier molecular flexibility index (Phi) is 7.11. The van der Waals surface area contributed by atoms with E-state index in [-0.39, 0.29) is 12.1 Å². The zero-order chi connectivity index (χ0) is 13.2. The van der Waals surface area contributed by atoms with Gasteiger partial charge in [0.2, 0.25) is 0 Å². The topological polar surface area (TPSA) is 35.5 Å². The molecule has 0 saturated heterocycles. The van der Waals surface area contributed by atoms with E-state index < -0.39 is 0 Å². The summed E-state index contributed by atoms with van der Waals surface area (Å²) in [5.74, 6) is 0.432. The van der Waals surface area contributed by atoms with Crippen molar-refractivity contribution in [3.63, 3.8) is 0 Å². The van der Waals surface area contributed by atoms with Crippen molar-refractivity contribution in [3.05, 3.63) is 30.3 Å². The van der Waals surface area contributed by atoms with Crippen LogP contribution in [0.5, 0.6) is 5.75 Å². The number of benzene rings is 1. The summed E-state index contributed by atoms with van der Waals surface area (Å²) in [4.78, 5) is 11.5. The second-order valence-electron chi connectivity index (χ2n) is 4.36. The molecule has 0 bridgehead atoms. The summed E-state index contributed by atoms with van der Waals surface area (Å²) >= 11 is 0. The van der Waals surface area contributed by atoms with Gasteiger partial charge in [-0.1, -0.05) is 25.1 Å². The molecule has 0 aromatic heterocycles. The second kappa shape index (κ2) is 8.70. The smallest absolute Gasteiger partial charge is 0.311 e. The standard InChI is InChI=1S/C15H22O3/c1-3-12-17-13(2)8-7-11-15(16)18-14-9-5-4-6-10-14/h4-6,9-10,13H,3,7-8,11-12H2,1-2H3. The van der Waals surface area contributed by atoms with Gasteiger partial charge in [-0.3, -0.25) is 4.79 Å². The summed E-state index contributed by atoms with van der Waals surface area (Å²) < 4.78 is 10.7. The average molecular weight is 250 g/mol. The summed E-state index contributed by atoms with van der Waals surface area (Å²) in [6.45, 7) is 4.91. The van der Waals surface area contributed by atoms with Gasteiger partial charge in [0.05, 0.1) is 6.10 Å². The van der Waals surface area contributed by atoms with Crippen molar-refractivity contribution in [1.82, 2.24) is 0 Å². The summed E-state index contributed by atoms with van der Waals surface area (Å²) in [6.07, 6.45) is 3.38. The van der Waals surface area contributed by atoms with Crippen molar-refractivity contribution in [2.45, 2.75) is 45.6 Å². The van der Waals surface area contributed by atoms with Crippen LogP contribution >= 0.6 is 0 Å². The van der Waals surface area contributed by atoms with Gasteiger partial charge in [0.1, 0.15) is 5.75 Å². The number of ether oxygens (including phenoxy) is 2. The monoisotopic (exact) mass is 250 g/mol. The Hall–Kier alpha value is -1.35. The van der Waals surface area contributed by atoms with Crippen LogP contribution in [0.3, 0.4) is 0 Å². The first kappa shape index (κ1) is 14.7. The molecule has 1 aromatic carbocycles. The van der Waals surface area contributed by atoms with Crippen LogP contribution in [0, 0.1) is 0 Å². The fourth-order valence-corrected chi connectivity index (χ4v) is 1.61. The maximum atomic E-state index is 11.5. The third-order valence-corrected chi connectivity index (χ3v) is 2.57. The van der Waals surface area contributed by atoms with Crippen molar-refractivity contribution >= 4 is 5.97 Å². The first-order chi connectivity index (χ1) is 8.72. The minimum absolute atomic E-state index is 0.177. The minimum Gasteiger partial charge on any atom is -0.427 e. The summed E-state index contributed by atoms with van der Waals surface area (Å²) in [6, 6.07) is 9.16. The van der Waals surface area contributed by atoms with Crippen LogP contribution < -0.4 is 4.74 Å². The molecule has 1 unspecified atom stereocenters. The molecule has 0 fully saturated rings. The van der Waals surface area contributed by atoms with Gasteiger partial charge < -0.3 is 9.47 Å². The molecule has 1 rings (SSSR count). The van der Waals surface area contributed by atoms with E-state index in [1.807, 2.05) is 25.1 Å². The lowest BCUT2D eigenvalue weighted by Gasteiger charge is -2.11. The Morgan fingerprint density at radius 3 is 2.67 bits per heavy atom. The summed E-state index contributed by atoms with van der Waals surface area (Å²) in [5.41, 5.74) is 0. The molecule has 0 N–H and O–H groups in total. The largest absolute Gasteiger partial charge is 0.427 e. The van der Waals surface area contributed by atoms with Gasteiger partial charge in [-0.05, 0) is 38.3 Å². The zero-order valence-electron chi connectivity index (χ0n) is 11.2. The number of hydrogen-bond acceptors (Lipinski definition) is 3. The second-order valence-corrected chi connectivity index (χ2v) is 4.36. The predicted molar refractivity (Wildman–Crippen MR) is 71.6 cm³/mol. The lowest BCUT2D eigenvalue weighted by molar-refractivity contribution is -0.134. The fourth-order valence-electron chi connectivity index (χ4n) is 1.61. The Morgan fingerprint density at radius 2 is 2.00 bits per heavy atom. The molecule has 100 valence electrons. The highest BCUT2D eigenvalue weighted by Crippen LogP contribution is 2.11. The molecule has 0 aliphatic heterocycles. The number of carbonyl (C=O) groups is 1. The van der Waals surface area contributed by atoms with E-state index >= 15 is 0 Å². The van der Waals surface area contributed by atoms with Crippen molar-refractivity contribution in [3.8, 4) is 5.75 Å². The van der Waals surface area contributed by atoms with Crippen LogP contribution in [0.4, 0.5) is 0 Å². The van der Waals surface area contributed by atoms with Crippen molar-refractivity contribution in [1.29, 1.82) is 0 Å². The molecule has 18 heavy (non-hydrogen) atoms. The van der Waals surface area contributed by atoms with Gasteiger partial charge >= 0.3 is 5.97 Å². The van der Waals surface area contributed by atoms with Gasteiger partial charge in [0, 0.05) is 13.0 Å². The van der Waals surface area contributed by atoms with Crippen LogP contribution in [-0.2, 0) is 9.53 Å². The Bertz CT molecular complexity index is 335. The molecule has 0 radical (unpaired) electrons. The quantitative estimate of drug-likeness (QED) is 0.522. The molecule has 0 spiro atoms. The molecular weight excluding hydrogens is 228 g/mol. The number of rotatable bonds is 8. The van der Waals surface area contributed by atoms with Crippen LogP contribution in [0.1, 0.15) is 39.5 Å². The lowest BCUT2D eigenvalue weighted by Crippen LogP contribution is -2.12. The van der Waals surface area contributed by atoms with Gasteiger partial charge in [0.15, 0.2) is 0 Å². The average Bonchev–Trinajstić information content (AvgIpc) is 2.37. The Labute approximate surface area is 109 Å². The van der Waals surface area contributed by atoms with Gasteiger partial charge in [0.25, 0.3) is 0 Å². The third-order valence-electron chi connectivity index (χ3n) is 2.57. The molecule has 1 atom stereocenters. The molecule has 0 aliphatic carbocycles. The van der Waals surface area contributed by atoms with Crippen LogP contribution in [0.15, 0.2) is 30.3 Å². The SMILES string of the molecule is CCCOC(C)CCCC(=O)Oc1ccccc1. The van der Waals surface area contributed by atoms with Gasteiger partial charge in [-0.2, -0.15) is 0 Å². The van der Waals surface area contributed by atoms with E-state index in [0.717, 1.165) is 25.9 Å². The minimum atomic E-state index is -0.177. The fraction of sp³-hybridized carbons (Fsp3) is 0.533. The van der Waals surface area contributed by atoms with E-state index in [1.165, 1.54) is 0 Å². The lowest BCUT2D eigenvalue weighted by atomic mass is 10.2. The van der Waals surface area contributed by atoms with Crippen molar-refractivity contribution in [2.24, 2.45) is 0 Å². The number of para-hydroxylation sites is 1. The maximum Gasteiger partial charge on any atom is 0.311 e. The zero-order valence-corrected chi connectivity index (χ0v) is 11.2. The first-order valence-corrected chi connectivity index (χ1v) is 6.59. The number of carbonyl (C=O) groups excluding carboxylic acids is 1. The molecule has 0 aliphatic rings. The molecule has 0 amide bonds. The molecule has 0 heterocycles. The van der Waals surface area contributed by atoms with Crippen molar-refractivity contribution in [2.75, 3.05) is 6.61 Å². The Balaban J connectivity index is 2.14. The van der Waals surface area contributed by atoms with Crippen molar-refractivity contribution < 1.29 is 14.3 Å². The van der Waals surface area contributed by atoms with E-state index in [2.05, 4.69) is 6.92 Å². The number of esters is 1. The molecule has 3 nitrogen and oxygen atoms in total. The summed E-state index contributed by atoms with van der Waals surface area (Å²) in [5, 5.41) is 0. The van der Waals surface area contributed by atoms with E-state index in [0.29, 0.717) is 12.2 Å². The highest BCUT2D eigenvalue weighted by Gasteiger charge is 2.07. The Morgan fingerprint density at radius 1 is 1.28 bits per heavy atom.